The second-order valence-electron chi connectivity index (χ2n) is 3.81. The monoisotopic (exact) mass is 262 g/mol. The van der Waals surface area contributed by atoms with Crippen LogP contribution in [0.4, 0.5) is 0 Å². The number of methoxy groups -OCH3 is 1. The third-order valence-electron chi connectivity index (χ3n) is 2.16. The largest absolute Gasteiger partial charge is 0.481 e. The molecule has 0 atom stereocenters. The van der Waals surface area contributed by atoms with E-state index in [2.05, 4.69) is 4.74 Å². The number of rotatable bonds is 9. The van der Waals surface area contributed by atoms with Crippen molar-refractivity contribution < 1.29 is 19.4 Å². The lowest BCUT2D eigenvalue weighted by Gasteiger charge is -1.94. The number of unbranched alkanes of at least 4 members (excludes halogenated alkanes) is 3. The van der Waals surface area contributed by atoms with Gasteiger partial charge in [0.05, 0.1) is 7.11 Å². The van der Waals surface area contributed by atoms with Gasteiger partial charge in [0, 0.05) is 12.8 Å². The maximum atomic E-state index is 10.4. The quantitative estimate of drug-likeness (QED) is 0.419. The molecule has 5 N–H and O–H groups in total. The Kier molecular flexibility index (Phi) is 16.9. The molecule has 0 bridgehead atoms. The minimum Gasteiger partial charge on any atom is -0.481 e. The highest BCUT2D eigenvalue weighted by atomic mass is 16.5. The molecule has 0 amide bonds. The Labute approximate surface area is 109 Å². The van der Waals surface area contributed by atoms with E-state index in [0.717, 1.165) is 25.9 Å². The maximum absolute atomic E-state index is 10.4. The van der Waals surface area contributed by atoms with Gasteiger partial charge in [0.15, 0.2) is 0 Å². The fourth-order valence-corrected chi connectivity index (χ4v) is 1.13. The third kappa shape index (κ3) is 20.3. The normalized spacial score (nSPS) is 9.28. The summed E-state index contributed by atoms with van der Waals surface area (Å²) < 4.78 is 4.30. The van der Waals surface area contributed by atoms with Gasteiger partial charge in [-0.15, -0.1) is 0 Å². The summed E-state index contributed by atoms with van der Waals surface area (Å²) in [5.74, 6) is -1.25. The standard InChI is InChI=1S/C6H16N2.C6H10O4/c7-5-3-1-2-4-6-8;1-10-6(9)4-2-3-5(7)8/h1-8H2;2-4H2,1H3,(H,7,8). The summed E-state index contributed by atoms with van der Waals surface area (Å²) in [7, 11) is 1.28. The fourth-order valence-electron chi connectivity index (χ4n) is 1.13. The minimum absolute atomic E-state index is 0.0229. The van der Waals surface area contributed by atoms with E-state index in [9.17, 15) is 9.59 Å². The summed E-state index contributed by atoms with van der Waals surface area (Å²) in [5, 5.41) is 8.15. The van der Waals surface area contributed by atoms with Crippen molar-refractivity contribution in [3.8, 4) is 0 Å². The molecule has 6 nitrogen and oxygen atoms in total. The zero-order valence-corrected chi connectivity index (χ0v) is 11.2. The summed E-state index contributed by atoms with van der Waals surface area (Å²) in [4.78, 5) is 20.3. The van der Waals surface area contributed by atoms with Gasteiger partial charge in [0.25, 0.3) is 0 Å². The van der Waals surface area contributed by atoms with Crippen LogP contribution in [-0.2, 0) is 14.3 Å². The molecule has 18 heavy (non-hydrogen) atoms. The van der Waals surface area contributed by atoms with Crippen molar-refractivity contribution >= 4 is 11.9 Å². The molecule has 0 heterocycles. The average Bonchev–Trinajstić information content (AvgIpc) is 2.35. The van der Waals surface area contributed by atoms with E-state index >= 15 is 0 Å². The van der Waals surface area contributed by atoms with Crippen LogP contribution < -0.4 is 11.5 Å². The van der Waals surface area contributed by atoms with Crippen LogP contribution >= 0.6 is 0 Å². The number of ether oxygens (including phenoxy) is 1. The van der Waals surface area contributed by atoms with E-state index in [1.165, 1.54) is 20.0 Å². The summed E-state index contributed by atoms with van der Waals surface area (Å²) in [6, 6.07) is 0. The van der Waals surface area contributed by atoms with Gasteiger partial charge in [-0.1, -0.05) is 12.8 Å². The summed E-state index contributed by atoms with van der Waals surface area (Å²) in [5.41, 5.74) is 10.6. The first kappa shape index (κ1) is 19.2. The van der Waals surface area contributed by atoms with E-state index in [1.807, 2.05) is 0 Å². The molecule has 0 aromatic carbocycles. The number of carbonyl (C=O) groups excluding carboxylic acids is 1. The van der Waals surface area contributed by atoms with Crippen molar-refractivity contribution in [1.82, 2.24) is 0 Å². The van der Waals surface area contributed by atoms with Crippen LogP contribution in [0.2, 0.25) is 0 Å². The van der Waals surface area contributed by atoms with Crippen molar-refractivity contribution in [2.24, 2.45) is 11.5 Å². The van der Waals surface area contributed by atoms with E-state index < -0.39 is 5.97 Å². The van der Waals surface area contributed by atoms with Gasteiger partial charge in [-0.3, -0.25) is 9.59 Å². The van der Waals surface area contributed by atoms with Gasteiger partial charge in [0.1, 0.15) is 0 Å². The molecule has 0 aliphatic rings. The predicted octanol–water partition coefficient (Wildman–Crippen LogP) is 0.879. The molecule has 0 aromatic heterocycles. The Morgan fingerprint density at radius 2 is 1.44 bits per heavy atom. The molecular weight excluding hydrogens is 236 g/mol. The molecule has 0 unspecified atom stereocenters. The molecule has 0 fully saturated rings. The van der Waals surface area contributed by atoms with E-state index in [-0.39, 0.29) is 18.8 Å². The number of carboxylic acids is 1. The Balaban J connectivity index is 0. The first-order valence-electron chi connectivity index (χ1n) is 6.27. The van der Waals surface area contributed by atoms with Gasteiger partial charge in [-0.2, -0.15) is 0 Å². The molecule has 0 aromatic rings. The Bertz CT molecular complexity index is 204. The van der Waals surface area contributed by atoms with Crippen LogP contribution in [0.25, 0.3) is 0 Å². The molecule has 0 aliphatic heterocycles. The van der Waals surface area contributed by atoms with E-state index in [1.54, 1.807) is 0 Å². The Morgan fingerprint density at radius 3 is 1.78 bits per heavy atom. The molecule has 6 heteroatoms. The lowest BCUT2D eigenvalue weighted by atomic mass is 10.2. The number of carbonyl (C=O) groups is 2. The predicted molar refractivity (Wildman–Crippen MR) is 70.1 cm³/mol. The fraction of sp³-hybridized carbons (Fsp3) is 0.833. The zero-order chi connectivity index (χ0) is 14.2. The van der Waals surface area contributed by atoms with Crippen molar-refractivity contribution in [2.75, 3.05) is 20.2 Å². The van der Waals surface area contributed by atoms with Crippen LogP contribution in [0.3, 0.4) is 0 Å². The average molecular weight is 262 g/mol. The van der Waals surface area contributed by atoms with Gasteiger partial charge >= 0.3 is 11.9 Å². The van der Waals surface area contributed by atoms with Gasteiger partial charge in [-0.05, 0) is 32.4 Å². The van der Waals surface area contributed by atoms with Crippen molar-refractivity contribution in [1.29, 1.82) is 0 Å². The third-order valence-corrected chi connectivity index (χ3v) is 2.16. The lowest BCUT2D eigenvalue weighted by Crippen LogP contribution is -2.02. The molecular formula is C12H26N2O4. The highest BCUT2D eigenvalue weighted by Crippen LogP contribution is 1.96. The van der Waals surface area contributed by atoms with Crippen LogP contribution in [0.15, 0.2) is 0 Å². The maximum Gasteiger partial charge on any atom is 0.305 e. The minimum atomic E-state index is -0.885. The van der Waals surface area contributed by atoms with Crippen molar-refractivity contribution in [3.05, 3.63) is 0 Å². The van der Waals surface area contributed by atoms with Gasteiger partial charge in [-0.25, -0.2) is 0 Å². The summed E-state index contributed by atoms with van der Waals surface area (Å²) in [6.07, 6.45) is 5.35. The Hall–Kier alpha value is -1.14. The van der Waals surface area contributed by atoms with E-state index in [4.69, 9.17) is 16.6 Å². The van der Waals surface area contributed by atoms with Crippen LogP contribution in [0, 0.1) is 0 Å². The van der Waals surface area contributed by atoms with E-state index in [0.29, 0.717) is 6.42 Å². The number of nitrogens with two attached hydrogens (primary N) is 2. The number of esters is 1. The SMILES string of the molecule is COC(=O)CCCC(=O)O.NCCCCCCN. The van der Waals surface area contributed by atoms with Gasteiger partial charge < -0.3 is 21.3 Å². The van der Waals surface area contributed by atoms with Crippen molar-refractivity contribution in [3.63, 3.8) is 0 Å². The molecule has 108 valence electrons. The first-order chi connectivity index (χ1) is 8.58. The molecule has 0 saturated heterocycles. The molecule has 0 aliphatic carbocycles. The number of aliphatic carboxylic acids is 1. The lowest BCUT2D eigenvalue weighted by molar-refractivity contribution is -0.141. The number of hydrogen-bond acceptors (Lipinski definition) is 5. The van der Waals surface area contributed by atoms with Crippen LogP contribution in [-0.4, -0.2) is 37.2 Å². The molecule has 0 rings (SSSR count). The highest BCUT2D eigenvalue weighted by Gasteiger charge is 2.01. The first-order valence-corrected chi connectivity index (χ1v) is 6.27. The zero-order valence-electron chi connectivity index (χ0n) is 11.2. The second-order valence-corrected chi connectivity index (χ2v) is 3.81. The van der Waals surface area contributed by atoms with Crippen molar-refractivity contribution in [2.45, 2.75) is 44.9 Å². The highest BCUT2D eigenvalue weighted by molar-refractivity contribution is 5.71. The second kappa shape index (κ2) is 15.9. The molecule has 0 saturated carbocycles. The molecule has 0 radical (unpaired) electrons. The van der Waals surface area contributed by atoms with Crippen LogP contribution in [0.5, 0.6) is 0 Å². The van der Waals surface area contributed by atoms with Crippen LogP contribution in [0.1, 0.15) is 44.9 Å². The Morgan fingerprint density at radius 1 is 0.944 bits per heavy atom. The number of carboxylic acid groups (broad SMARTS) is 1. The summed E-state index contributed by atoms with van der Waals surface area (Å²) in [6.45, 7) is 1.65. The van der Waals surface area contributed by atoms with Gasteiger partial charge in [0.2, 0.25) is 0 Å². The topological polar surface area (TPSA) is 116 Å². The molecule has 0 spiro atoms. The smallest absolute Gasteiger partial charge is 0.305 e. The number of hydrogen-bond donors (Lipinski definition) is 3. The summed E-state index contributed by atoms with van der Waals surface area (Å²) >= 11 is 0.